The summed E-state index contributed by atoms with van der Waals surface area (Å²) in [6, 6.07) is 11.8. The molecule has 46 heavy (non-hydrogen) atoms. The Bertz CT molecular complexity index is 1470. The highest BCUT2D eigenvalue weighted by Gasteiger charge is 2.32. The van der Waals surface area contributed by atoms with Crippen molar-refractivity contribution in [3.05, 3.63) is 57.6 Å². The lowest BCUT2D eigenvalue weighted by Crippen LogP contribution is -2.44. The minimum absolute atomic E-state index is 0.106. The predicted octanol–water partition coefficient (Wildman–Crippen LogP) is 4.88. The molecule has 0 saturated carbocycles. The number of carboxylic acid groups (broad SMARTS) is 1. The summed E-state index contributed by atoms with van der Waals surface area (Å²) in [5, 5.41) is 9.60. The molecule has 0 amide bonds. The van der Waals surface area contributed by atoms with Gasteiger partial charge in [-0.15, -0.1) is 0 Å². The van der Waals surface area contributed by atoms with E-state index in [1.54, 1.807) is 0 Å². The molecule has 3 aromatic rings. The number of ether oxygens (including phenoxy) is 4. The van der Waals surface area contributed by atoms with Gasteiger partial charge in [0.1, 0.15) is 18.4 Å². The first-order valence-electron chi connectivity index (χ1n) is 15.8. The summed E-state index contributed by atoms with van der Waals surface area (Å²) in [4.78, 5) is 27.4. The molecule has 1 atom stereocenters. The minimum atomic E-state index is -0.838. The van der Waals surface area contributed by atoms with Crippen LogP contribution in [0.3, 0.4) is 0 Å². The quantitative estimate of drug-likeness (QED) is 0.233. The SMILES string of the molecule is COc1nc(OCc2cccc(-c3cccc(OCCCN4CCN(C)CC4)c3C)c2Br)nc(OC)c1CN1CCC[C@H]1C(=O)O. The Morgan fingerprint density at radius 3 is 2.37 bits per heavy atom. The number of likely N-dealkylation sites (N-methyl/N-ethyl adjacent to an activating group) is 1. The van der Waals surface area contributed by atoms with Crippen LogP contribution in [0.1, 0.15) is 36.0 Å². The molecule has 11 nitrogen and oxygen atoms in total. The first kappa shape index (κ1) is 33.9. The third-order valence-corrected chi connectivity index (χ3v) is 9.73. The number of benzene rings is 2. The van der Waals surface area contributed by atoms with E-state index in [4.69, 9.17) is 18.9 Å². The van der Waals surface area contributed by atoms with E-state index in [9.17, 15) is 9.90 Å². The van der Waals surface area contributed by atoms with Crippen molar-refractivity contribution < 1.29 is 28.8 Å². The maximum absolute atomic E-state index is 11.7. The van der Waals surface area contributed by atoms with Gasteiger partial charge < -0.3 is 33.9 Å². The van der Waals surface area contributed by atoms with Crippen LogP contribution in [0.15, 0.2) is 40.9 Å². The Morgan fingerprint density at radius 2 is 1.67 bits per heavy atom. The van der Waals surface area contributed by atoms with Crippen LogP contribution in [0.4, 0.5) is 0 Å². The number of carboxylic acids is 1. The van der Waals surface area contributed by atoms with Crippen LogP contribution < -0.4 is 18.9 Å². The molecular weight excluding hydrogens is 654 g/mol. The zero-order valence-electron chi connectivity index (χ0n) is 27.1. The molecule has 2 fully saturated rings. The summed E-state index contributed by atoms with van der Waals surface area (Å²) >= 11 is 3.82. The zero-order chi connectivity index (χ0) is 32.6. The lowest BCUT2D eigenvalue weighted by Gasteiger charge is -2.32. The number of carbonyl (C=O) groups is 1. The highest BCUT2D eigenvalue weighted by Crippen LogP contribution is 2.37. The molecule has 2 aliphatic heterocycles. The van der Waals surface area contributed by atoms with E-state index in [1.165, 1.54) is 14.2 Å². The van der Waals surface area contributed by atoms with Gasteiger partial charge in [0.25, 0.3) is 0 Å². The van der Waals surface area contributed by atoms with Crippen molar-refractivity contribution in [2.45, 2.75) is 45.4 Å². The molecule has 2 saturated heterocycles. The van der Waals surface area contributed by atoms with E-state index in [1.807, 2.05) is 29.2 Å². The van der Waals surface area contributed by atoms with Gasteiger partial charge in [0, 0.05) is 49.3 Å². The van der Waals surface area contributed by atoms with Gasteiger partial charge in [-0.05, 0) is 78.5 Å². The largest absolute Gasteiger partial charge is 0.493 e. The fraction of sp³-hybridized carbons (Fsp3) is 0.500. The van der Waals surface area contributed by atoms with Crippen molar-refractivity contribution in [1.82, 2.24) is 24.7 Å². The third-order valence-electron chi connectivity index (χ3n) is 8.79. The zero-order valence-corrected chi connectivity index (χ0v) is 28.7. The monoisotopic (exact) mass is 697 g/mol. The van der Waals surface area contributed by atoms with Gasteiger partial charge in [-0.1, -0.05) is 30.3 Å². The molecule has 2 aliphatic rings. The smallest absolute Gasteiger partial charge is 0.323 e. The van der Waals surface area contributed by atoms with E-state index in [-0.39, 0.29) is 12.6 Å². The molecule has 1 N–H and O–H groups in total. The first-order chi connectivity index (χ1) is 22.3. The van der Waals surface area contributed by atoms with Crippen molar-refractivity contribution in [2.24, 2.45) is 0 Å². The lowest BCUT2D eigenvalue weighted by molar-refractivity contribution is -0.142. The summed E-state index contributed by atoms with van der Waals surface area (Å²) in [6.45, 7) is 9.47. The average molecular weight is 699 g/mol. The first-order valence-corrected chi connectivity index (χ1v) is 16.6. The van der Waals surface area contributed by atoms with Crippen LogP contribution in [-0.2, 0) is 17.9 Å². The summed E-state index contributed by atoms with van der Waals surface area (Å²) < 4.78 is 24.4. The summed E-state index contributed by atoms with van der Waals surface area (Å²) in [6.07, 6.45) is 2.40. The topological polar surface area (TPSA) is 110 Å². The Morgan fingerprint density at radius 1 is 0.978 bits per heavy atom. The third kappa shape index (κ3) is 8.09. The number of hydrogen-bond acceptors (Lipinski definition) is 10. The second-order valence-corrected chi connectivity index (χ2v) is 12.6. The molecule has 0 aliphatic carbocycles. The van der Waals surface area contributed by atoms with E-state index >= 15 is 0 Å². The molecular formula is C34H44BrN5O6. The second-order valence-electron chi connectivity index (χ2n) is 11.8. The number of aromatic nitrogens is 2. The molecule has 1 aromatic heterocycles. The van der Waals surface area contributed by atoms with Gasteiger partial charge in [-0.25, -0.2) is 0 Å². The van der Waals surface area contributed by atoms with Gasteiger partial charge in [-0.2, -0.15) is 9.97 Å². The molecule has 5 rings (SSSR count). The van der Waals surface area contributed by atoms with Crippen LogP contribution in [0.25, 0.3) is 11.1 Å². The van der Waals surface area contributed by atoms with Gasteiger partial charge in [0.2, 0.25) is 11.8 Å². The van der Waals surface area contributed by atoms with E-state index in [2.05, 4.69) is 61.8 Å². The second kappa shape index (κ2) is 15.9. The van der Waals surface area contributed by atoms with Crippen molar-refractivity contribution in [1.29, 1.82) is 0 Å². The van der Waals surface area contributed by atoms with Crippen molar-refractivity contribution in [3.8, 4) is 34.6 Å². The lowest BCUT2D eigenvalue weighted by atomic mass is 9.98. The summed E-state index contributed by atoms with van der Waals surface area (Å²) in [7, 11) is 5.21. The van der Waals surface area contributed by atoms with Gasteiger partial charge >= 0.3 is 12.0 Å². The van der Waals surface area contributed by atoms with E-state index in [0.717, 1.165) is 78.0 Å². The Kier molecular flexibility index (Phi) is 11.7. The van der Waals surface area contributed by atoms with Crippen LogP contribution >= 0.6 is 15.9 Å². The predicted molar refractivity (Wildman–Crippen MR) is 179 cm³/mol. The summed E-state index contributed by atoms with van der Waals surface area (Å²) in [5.74, 6) is 0.638. The molecule has 248 valence electrons. The van der Waals surface area contributed by atoms with Crippen molar-refractivity contribution in [2.75, 3.05) is 67.1 Å². The molecule has 2 aromatic carbocycles. The maximum Gasteiger partial charge on any atom is 0.323 e. The Labute approximate surface area is 279 Å². The van der Waals surface area contributed by atoms with Gasteiger partial charge in [0.05, 0.1) is 26.4 Å². The van der Waals surface area contributed by atoms with E-state index in [0.29, 0.717) is 43.4 Å². The van der Waals surface area contributed by atoms with Crippen molar-refractivity contribution >= 4 is 21.9 Å². The normalized spacial score (nSPS) is 17.6. The number of nitrogens with zero attached hydrogens (tertiary/aromatic N) is 5. The molecule has 0 unspecified atom stereocenters. The molecule has 3 heterocycles. The standard InChI is InChI=1S/C34H44BrN5O6/c1-23-25(10-6-13-29(23)45-20-8-14-39-18-16-38(2)17-19-39)26-11-5-9-24(30(26)35)22-46-34-36-31(43-3)27(32(37-34)44-4)21-40-15-7-12-28(40)33(41)42/h5-6,9-11,13,28H,7-8,12,14-22H2,1-4H3,(H,41,42)/t28-/m0/s1. The maximum atomic E-state index is 11.7. The Hall–Kier alpha value is -3.45. The molecule has 12 heteroatoms. The van der Waals surface area contributed by atoms with Crippen LogP contribution in [-0.4, -0.2) is 109 Å². The average Bonchev–Trinajstić information content (AvgIpc) is 3.53. The number of methoxy groups -OCH3 is 2. The number of aliphatic carboxylic acids is 1. The van der Waals surface area contributed by atoms with Gasteiger partial charge in [0.15, 0.2) is 0 Å². The van der Waals surface area contributed by atoms with Crippen LogP contribution in [0, 0.1) is 6.92 Å². The van der Waals surface area contributed by atoms with Crippen molar-refractivity contribution in [3.63, 3.8) is 0 Å². The number of halogens is 1. The highest BCUT2D eigenvalue weighted by molar-refractivity contribution is 9.10. The molecule has 0 spiro atoms. The number of piperazine rings is 1. The summed E-state index contributed by atoms with van der Waals surface area (Å²) in [5.41, 5.74) is 4.70. The minimum Gasteiger partial charge on any atom is -0.493 e. The number of rotatable bonds is 14. The van der Waals surface area contributed by atoms with Crippen LogP contribution in [0.2, 0.25) is 0 Å². The fourth-order valence-electron chi connectivity index (χ4n) is 6.11. The van der Waals surface area contributed by atoms with Crippen LogP contribution in [0.5, 0.6) is 23.5 Å². The highest BCUT2D eigenvalue weighted by atomic mass is 79.9. The number of likely N-dealkylation sites (tertiary alicyclic amines) is 1. The van der Waals surface area contributed by atoms with Gasteiger partial charge in [-0.3, -0.25) is 9.69 Å². The molecule has 0 bridgehead atoms. The van der Waals surface area contributed by atoms with E-state index < -0.39 is 12.0 Å². The fourth-order valence-corrected chi connectivity index (χ4v) is 6.70. The molecule has 0 radical (unpaired) electrons. The Balaban J connectivity index is 1.25. The number of hydrogen-bond donors (Lipinski definition) is 1.